The van der Waals surface area contributed by atoms with Crippen molar-refractivity contribution >= 4 is 60.5 Å². The van der Waals surface area contributed by atoms with E-state index < -0.39 is 24.0 Å². The minimum atomic E-state index is -4.82. The molecule has 40 heavy (non-hydrogen) atoms. The number of methoxy groups -OCH3 is 1. The Kier molecular flexibility index (Phi) is 8.61. The van der Waals surface area contributed by atoms with Gasteiger partial charge in [-0.25, -0.2) is 4.99 Å². The highest BCUT2D eigenvalue weighted by atomic mass is 127. The van der Waals surface area contributed by atoms with E-state index in [0.717, 1.165) is 15.2 Å². The van der Waals surface area contributed by atoms with Crippen LogP contribution in [-0.2, 0) is 10.3 Å². The van der Waals surface area contributed by atoms with Crippen LogP contribution in [0.5, 0.6) is 28.7 Å². The number of nitrogens with zero attached hydrogens (tertiary/aromatic N) is 1. The van der Waals surface area contributed by atoms with Gasteiger partial charge in [-0.1, -0.05) is 0 Å². The third kappa shape index (κ3) is 6.82. The minimum Gasteiger partial charge on any atom is -0.497 e. The van der Waals surface area contributed by atoms with Gasteiger partial charge in [0.25, 0.3) is 6.02 Å². The summed E-state index contributed by atoms with van der Waals surface area (Å²) in [5, 5.41) is 0. The van der Waals surface area contributed by atoms with Gasteiger partial charge in [0.1, 0.15) is 35.4 Å². The molecule has 1 spiro atoms. The summed E-state index contributed by atoms with van der Waals surface area (Å²) in [6, 6.07) is 12.2. The number of hydrogen-bond acceptors (Lipinski definition) is 7. The van der Waals surface area contributed by atoms with Gasteiger partial charge in [-0.2, -0.15) is 0 Å². The molecule has 2 heterocycles. The van der Waals surface area contributed by atoms with Crippen molar-refractivity contribution in [2.24, 2.45) is 10.7 Å². The molecule has 5 rings (SSSR count). The average molecular weight is 812 g/mol. The summed E-state index contributed by atoms with van der Waals surface area (Å²) < 4.78 is 98.6. The average Bonchev–Trinajstić information content (AvgIpc) is 3.23. The molecule has 0 saturated carbocycles. The van der Waals surface area contributed by atoms with Gasteiger partial charge in [0.15, 0.2) is 5.54 Å². The van der Waals surface area contributed by atoms with E-state index >= 15 is 0 Å². The topological polar surface area (TPSA) is 84.5 Å². The molecule has 0 fully saturated rings. The van der Waals surface area contributed by atoms with Crippen LogP contribution in [0.4, 0.5) is 26.3 Å². The van der Waals surface area contributed by atoms with Crippen molar-refractivity contribution < 1.29 is 50.0 Å². The third-order valence-electron chi connectivity index (χ3n) is 5.41. The summed E-state index contributed by atoms with van der Waals surface area (Å²) in [5.41, 5.74) is 6.02. The lowest BCUT2D eigenvalue weighted by atomic mass is 9.81. The lowest BCUT2D eigenvalue weighted by Gasteiger charge is -2.34. The summed E-state index contributed by atoms with van der Waals surface area (Å²) in [4.78, 5) is 4.45. The number of benzene rings is 3. The van der Waals surface area contributed by atoms with Gasteiger partial charge in [-0.05, 0) is 90.8 Å². The maximum Gasteiger partial charge on any atom is 0.573 e. The zero-order valence-electron chi connectivity index (χ0n) is 19.8. The van der Waals surface area contributed by atoms with Crippen molar-refractivity contribution in [2.75, 3.05) is 13.7 Å². The second-order valence-electron chi connectivity index (χ2n) is 8.01. The Labute approximate surface area is 253 Å². The number of alkyl halides is 6. The Morgan fingerprint density at radius 3 is 2.08 bits per heavy atom. The van der Waals surface area contributed by atoms with Gasteiger partial charge < -0.3 is 29.4 Å². The normalized spacial score (nSPS) is 17.4. The molecule has 0 saturated heterocycles. The molecule has 0 amide bonds. The second-order valence-corrected chi connectivity index (χ2v) is 11.0. The van der Waals surface area contributed by atoms with Crippen LogP contribution in [-0.4, -0.2) is 32.5 Å². The van der Waals surface area contributed by atoms with E-state index in [1.807, 2.05) is 12.1 Å². The molecule has 0 radical (unpaired) electrons. The molecule has 1 atom stereocenters. The van der Waals surface area contributed by atoms with Gasteiger partial charge in [0, 0.05) is 26.8 Å². The van der Waals surface area contributed by atoms with Crippen LogP contribution in [0.3, 0.4) is 0 Å². The highest BCUT2D eigenvalue weighted by Crippen LogP contribution is 2.53. The predicted molar refractivity (Wildman–Crippen MR) is 146 cm³/mol. The number of halogens is 9. The lowest BCUT2D eigenvalue weighted by molar-refractivity contribution is -0.276. The fourth-order valence-electron chi connectivity index (χ4n) is 3.84. The Morgan fingerprint density at radius 2 is 1.50 bits per heavy atom. The first-order valence-corrected chi connectivity index (χ1v) is 13.4. The molecule has 16 heteroatoms. The van der Waals surface area contributed by atoms with Crippen molar-refractivity contribution in [1.29, 1.82) is 0 Å². The molecule has 3 aromatic rings. The molecule has 2 aliphatic rings. The summed E-state index contributed by atoms with van der Waals surface area (Å²) in [6.07, 6.45) is -9.52. The van der Waals surface area contributed by atoms with Crippen molar-refractivity contribution in [2.45, 2.75) is 18.3 Å². The van der Waals surface area contributed by atoms with E-state index in [1.165, 1.54) is 31.4 Å². The number of amidine groups is 1. The van der Waals surface area contributed by atoms with Crippen molar-refractivity contribution in [1.82, 2.24) is 0 Å². The minimum absolute atomic E-state index is 0.00871. The Morgan fingerprint density at radius 1 is 0.875 bits per heavy atom. The van der Waals surface area contributed by atoms with E-state index in [0.29, 0.717) is 17.1 Å². The number of nitrogens with two attached hydrogens (primary N) is 1. The maximum atomic E-state index is 12.6. The molecule has 0 aromatic heterocycles. The number of hydrogen-bond donors (Lipinski definition) is 1. The van der Waals surface area contributed by atoms with Crippen LogP contribution in [0.1, 0.15) is 11.1 Å². The number of fused-ring (bicyclic) bond motifs is 4. The van der Waals surface area contributed by atoms with Gasteiger partial charge in [-0.15, -0.1) is 26.3 Å². The monoisotopic (exact) mass is 810 g/mol. The summed E-state index contributed by atoms with van der Waals surface area (Å²) in [7, 11) is 1.36. The van der Waals surface area contributed by atoms with Crippen LogP contribution >= 0.6 is 54.5 Å². The molecule has 0 aliphatic carbocycles. The maximum absolute atomic E-state index is 12.6. The standard InChI is InChI=1S/C16H9BrF3IN2O3.C8H6BrF3O2/c17-10-4-9-12(5-13(10)26-16(18,19)20)25-11-2-1-7(21)3-8(11)15(9)6-24-14(22)23-15;1-13-5-2-3-6(9)7(4-5)14-8(10,11)12/h1-5H,6H2,(H2,22,23);2-4H,1H3. The molecule has 2 aliphatic heterocycles. The quantitative estimate of drug-likeness (QED) is 0.213. The summed E-state index contributed by atoms with van der Waals surface area (Å²) >= 11 is 8.21. The Balaban J connectivity index is 0.000000224. The highest BCUT2D eigenvalue weighted by molar-refractivity contribution is 14.1. The van der Waals surface area contributed by atoms with Crippen LogP contribution in [0.25, 0.3) is 0 Å². The number of ether oxygens (including phenoxy) is 5. The molecule has 2 N–H and O–H groups in total. The molecule has 0 bridgehead atoms. The van der Waals surface area contributed by atoms with Crippen LogP contribution in [0.2, 0.25) is 0 Å². The molecule has 1 unspecified atom stereocenters. The van der Waals surface area contributed by atoms with Crippen LogP contribution < -0.4 is 24.7 Å². The molecular weight excluding hydrogens is 797 g/mol. The zero-order chi connectivity index (χ0) is 29.5. The summed E-state index contributed by atoms with van der Waals surface area (Å²) in [5.74, 6) is 0.240. The van der Waals surface area contributed by atoms with E-state index in [9.17, 15) is 26.3 Å². The van der Waals surface area contributed by atoms with E-state index in [2.05, 4.69) is 68.9 Å². The van der Waals surface area contributed by atoms with Gasteiger partial charge in [-0.3, -0.25) is 0 Å². The molecule has 7 nitrogen and oxygen atoms in total. The fraction of sp³-hybridized carbons (Fsp3) is 0.208. The number of rotatable bonds is 3. The highest BCUT2D eigenvalue weighted by Gasteiger charge is 2.48. The third-order valence-corrected chi connectivity index (χ3v) is 7.35. The van der Waals surface area contributed by atoms with E-state index in [4.69, 9.17) is 19.9 Å². The van der Waals surface area contributed by atoms with E-state index in [-0.39, 0.29) is 33.1 Å². The largest absolute Gasteiger partial charge is 0.573 e. The first-order valence-electron chi connectivity index (χ1n) is 10.8. The first kappa shape index (κ1) is 30.4. The molecule has 214 valence electrons. The Hall–Kier alpha value is -2.60. The van der Waals surface area contributed by atoms with Crippen molar-refractivity contribution in [3.63, 3.8) is 0 Å². The fourth-order valence-corrected chi connectivity index (χ4v) is 5.09. The summed E-state index contributed by atoms with van der Waals surface area (Å²) in [6.45, 7) is 0.119. The van der Waals surface area contributed by atoms with Gasteiger partial charge in [0.05, 0.1) is 16.1 Å². The van der Waals surface area contributed by atoms with E-state index in [1.54, 1.807) is 6.07 Å². The zero-order valence-corrected chi connectivity index (χ0v) is 25.1. The molecule has 3 aromatic carbocycles. The predicted octanol–water partition coefficient (Wildman–Crippen LogP) is 8.00. The van der Waals surface area contributed by atoms with Gasteiger partial charge >= 0.3 is 12.7 Å². The van der Waals surface area contributed by atoms with Crippen LogP contribution in [0, 0.1) is 3.57 Å². The molecular formula is C24H15Br2F6IN2O5. The second kappa shape index (κ2) is 11.3. The number of aliphatic imine (C=N–C) groups is 1. The van der Waals surface area contributed by atoms with Crippen molar-refractivity contribution in [3.05, 3.63) is 72.2 Å². The lowest BCUT2D eigenvalue weighted by Crippen LogP contribution is -2.31. The smallest absolute Gasteiger partial charge is 0.497 e. The van der Waals surface area contributed by atoms with Crippen molar-refractivity contribution in [3.8, 4) is 28.7 Å². The van der Waals surface area contributed by atoms with Gasteiger partial charge in [0.2, 0.25) is 0 Å². The van der Waals surface area contributed by atoms with Crippen LogP contribution in [0.15, 0.2) is 62.5 Å². The first-order chi connectivity index (χ1) is 18.6. The SMILES string of the molecule is COc1ccc(Br)c(OC(F)(F)F)c1.NC1=NC2(CO1)c1cc(I)ccc1Oc1cc(OC(F)(F)F)c(Br)cc12. The Bertz CT molecular complexity index is 1470.